The molecule has 0 fully saturated rings. The van der Waals surface area contributed by atoms with Gasteiger partial charge in [0.25, 0.3) is 5.91 Å². The number of nitrogens with one attached hydrogen (secondary N) is 1. The van der Waals surface area contributed by atoms with Gasteiger partial charge in [-0.25, -0.2) is 0 Å². The Labute approximate surface area is 93.2 Å². The molecule has 5 nitrogen and oxygen atoms in total. The van der Waals surface area contributed by atoms with Crippen molar-refractivity contribution in [1.82, 2.24) is 0 Å². The standard InChI is InChI=1S/C10H12BNO4/c1-10(2)9(13)12-7-5-6(11(14)15)3-4-8(7)16-10/h3-5,14-15H,1-2H3,(H,12,13). The minimum Gasteiger partial charge on any atom is -0.476 e. The fourth-order valence-corrected chi connectivity index (χ4v) is 1.49. The number of carbonyl (C=O) groups excluding carboxylic acids is 1. The van der Waals surface area contributed by atoms with Gasteiger partial charge in [0, 0.05) is 0 Å². The van der Waals surface area contributed by atoms with Crippen LogP contribution in [0.3, 0.4) is 0 Å². The highest BCUT2D eigenvalue weighted by atomic mass is 16.5. The normalized spacial score (nSPS) is 17.1. The largest absolute Gasteiger partial charge is 0.488 e. The Hall–Kier alpha value is -1.53. The number of carbonyl (C=O) groups is 1. The molecule has 1 aromatic carbocycles. The second kappa shape index (κ2) is 3.50. The van der Waals surface area contributed by atoms with Crippen LogP contribution in [0, 0.1) is 0 Å². The van der Waals surface area contributed by atoms with Gasteiger partial charge in [-0.1, -0.05) is 6.07 Å². The van der Waals surface area contributed by atoms with E-state index >= 15 is 0 Å². The zero-order valence-electron chi connectivity index (χ0n) is 9.02. The lowest BCUT2D eigenvalue weighted by atomic mass is 9.80. The summed E-state index contributed by atoms with van der Waals surface area (Å²) in [4.78, 5) is 11.6. The van der Waals surface area contributed by atoms with E-state index in [4.69, 9.17) is 14.8 Å². The van der Waals surface area contributed by atoms with Crippen molar-refractivity contribution in [3.63, 3.8) is 0 Å². The Kier molecular flexibility index (Phi) is 2.40. The Morgan fingerprint density at radius 2 is 2.06 bits per heavy atom. The van der Waals surface area contributed by atoms with Gasteiger partial charge in [-0.15, -0.1) is 0 Å². The zero-order chi connectivity index (χ0) is 11.9. The molecule has 1 aliphatic heterocycles. The Morgan fingerprint density at radius 1 is 1.38 bits per heavy atom. The van der Waals surface area contributed by atoms with Crippen molar-refractivity contribution in [1.29, 1.82) is 0 Å². The van der Waals surface area contributed by atoms with E-state index in [-0.39, 0.29) is 5.91 Å². The van der Waals surface area contributed by atoms with Crippen molar-refractivity contribution >= 4 is 24.2 Å². The van der Waals surface area contributed by atoms with E-state index in [1.807, 2.05) is 0 Å². The van der Waals surface area contributed by atoms with Crippen LogP contribution in [0.1, 0.15) is 13.8 Å². The van der Waals surface area contributed by atoms with E-state index in [1.54, 1.807) is 19.9 Å². The van der Waals surface area contributed by atoms with Gasteiger partial charge < -0.3 is 20.1 Å². The Balaban J connectivity index is 2.41. The van der Waals surface area contributed by atoms with Crippen LogP contribution in [-0.4, -0.2) is 28.7 Å². The molecule has 0 radical (unpaired) electrons. The van der Waals surface area contributed by atoms with E-state index in [9.17, 15) is 4.79 Å². The highest BCUT2D eigenvalue weighted by Crippen LogP contribution is 2.32. The minimum atomic E-state index is -1.56. The first kappa shape index (κ1) is 11.0. The summed E-state index contributed by atoms with van der Waals surface area (Å²) in [6.45, 7) is 3.33. The molecule has 0 bridgehead atoms. The van der Waals surface area contributed by atoms with Crippen LogP contribution in [0.5, 0.6) is 5.75 Å². The quantitative estimate of drug-likeness (QED) is 0.557. The lowest BCUT2D eigenvalue weighted by molar-refractivity contribution is -0.129. The van der Waals surface area contributed by atoms with E-state index in [2.05, 4.69) is 5.32 Å². The van der Waals surface area contributed by atoms with Crippen molar-refractivity contribution in [3.8, 4) is 5.75 Å². The van der Waals surface area contributed by atoms with Gasteiger partial charge in [-0.2, -0.15) is 0 Å². The molecular weight excluding hydrogens is 209 g/mol. The lowest BCUT2D eigenvalue weighted by Gasteiger charge is -2.31. The van der Waals surface area contributed by atoms with E-state index < -0.39 is 12.7 Å². The van der Waals surface area contributed by atoms with Crippen molar-refractivity contribution in [2.75, 3.05) is 5.32 Å². The summed E-state index contributed by atoms with van der Waals surface area (Å²) in [5, 5.41) is 20.7. The predicted molar refractivity (Wildman–Crippen MR) is 59.6 cm³/mol. The molecule has 16 heavy (non-hydrogen) atoms. The summed E-state index contributed by atoms with van der Waals surface area (Å²) in [5.74, 6) is 0.263. The molecule has 0 aromatic heterocycles. The van der Waals surface area contributed by atoms with Gasteiger partial charge >= 0.3 is 7.12 Å². The van der Waals surface area contributed by atoms with Crippen LogP contribution < -0.4 is 15.5 Å². The molecule has 0 aliphatic carbocycles. The van der Waals surface area contributed by atoms with Crippen LogP contribution in [0.4, 0.5) is 5.69 Å². The van der Waals surface area contributed by atoms with Crippen molar-refractivity contribution in [3.05, 3.63) is 18.2 Å². The number of amides is 1. The van der Waals surface area contributed by atoms with E-state index in [0.29, 0.717) is 16.9 Å². The van der Waals surface area contributed by atoms with Crippen LogP contribution >= 0.6 is 0 Å². The summed E-state index contributed by atoms with van der Waals surface area (Å²) >= 11 is 0. The number of rotatable bonds is 1. The van der Waals surface area contributed by atoms with Crippen LogP contribution in [0.2, 0.25) is 0 Å². The van der Waals surface area contributed by atoms with Crippen LogP contribution in [0.25, 0.3) is 0 Å². The zero-order valence-corrected chi connectivity index (χ0v) is 9.02. The van der Waals surface area contributed by atoms with Gasteiger partial charge in [0.2, 0.25) is 0 Å². The van der Waals surface area contributed by atoms with E-state index in [1.165, 1.54) is 12.1 Å². The van der Waals surface area contributed by atoms with Gasteiger partial charge in [0.1, 0.15) is 5.75 Å². The number of hydrogen-bond donors (Lipinski definition) is 3. The molecule has 0 saturated heterocycles. The molecule has 0 unspecified atom stereocenters. The van der Waals surface area contributed by atoms with Gasteiger partial charge in [-0.05, 0) is 31.4 Å². The molecule has 2 rings (SSSR count). The summed E-state index contributed by atoms with van der Waals surface area (Å²) in [6, 6.07) is 4.62. The summed E-state index contributed by atoms with van der Waals surface area (Å²) in [5.41, 5.74) is -0.149. The molecule has 0 atom stereocenters. The van der Waals surface area contributed by atoms with Gasteiger partial charge in [-0.3, -0.25) is 4.79 Å². The third-order valence-corrected chi connectivity index (χ3v) is 2.46. The number of anilines is 1. The second-order valence-corrected chi connectivity index (χ2v) is 4.20. The molecule has 0 saturated carbocycles. The molecular formula is C10H12BNO4. The first-order valence-corrected chi connectivity index (χ1v) is 4.91. The van der Waals surface area contributed by atoms with Crippen LogP contribution in [0.15, 0.2) is 18.2 Å². The molecule has 6 heteroatoms. The molecule has 1 aliphatic rings. The molecule has 1 aromatic rings. The fourth-order valence-electron chi connectivity index (χ4n) is 1.49. The topological polar surface area (TPSA) is 78.8 Å². The first-order valence-electron chi connectivity index (χ1n) is 4.91. The second-order valence-electron chi connectivity index (χ2n) is 4.20. The third kappa shape index (κ3) is 1.77. The monoisotopic (exact) mass is 221 g/mol. The fraction of sp³-hybridized carbons (Fsp3) is 0.300. The average Bonchev–Trinajstić information content (AvgIpc) is 2.18. The highest BCUT2D eigenvalue weighted by Gasteiger charge is 2.35. The summed E-state index contributed by atoms with van der Waals surface area (Å²) < 4.78 is 5.49. The number of fused-ring (bicyclic) bond motifs is 1. The smallest absolute Gasteiger partial charge is 0.476 e. The maximum Gasteiger partial charge on any atom is 0.488 e. The number of hydrogen-bond acceptors (Lipinski definition) is 4. The predicted octanol–water partition coefficient (Wildman–Crippen LogP) is -0.524. The molecule has 3 N–H and O–H groups in total. The van der Waals surface area contributed by atoms with Gasteiger partial charge in [0.05, 0.1) is 5.69 Å². The Bertz CT molecular complexity index is 444. The van der Waals surface area contributed by atoms with Crippen molar-refractivity contribution in [2.24, 2.45) is 0 Å². The maximum atomic E-state index is 11.6. The molecule has 1 amide bonds. The third-order valence-electron chi connectivity index (χ3n) is 2.46. The average molecular weight is 221 g/mol. The highest BCUT2D eigenvalue weighted by molar-refractivity contribution is 6.58. The SMILES string of the molecule is CC1(C)Oc2ccc(B(O)O)cc2NC1=O. The lowest BCUT2D eigenvalue weighted by Crippen LogP contribution is -2.46. The van der Waals surface area contributed by atoms with Gasteiger partial charge in [0.15, 0.2) is 5.60 Å². The van der Waals surface area contributed by atoms with Crippen molar-refractivity contribution in [2.45, 2.75) is 19.4 Å². The number of ether oxygens (including phenoxy) is 1. The first-order chi connectivity index (χ1) is 7.40. The van der Waals surface area contributed by atoms with Crippen LogP contribution in [-0.2, 0) is 4.79 Å². The minimum absolute atomic E-state index is 0.260. The summed E-state index contributed by atoms with van der Waals surface area (Å²) in [6.07, 6.45) is 0. The maximum absolute atomic E-state index is 11.6. The summed E-state index contributed by atoms with van der Waals surface area (Å²) in [7, 11) is -1.56. The molecule has 1 heterocycles. The number of benzene rings is 1. The molecule has 84 valence electrons. The molecule has 0 spiro atoms. The Morgan fingerprint density at radius 3 is 2.69 bits per heavy atom. The van der Waals surface area contributed by atoms with E-state index in [0.717, 1.165) is 0 Å². The van der Waals surface area contributed by atoms with Crippen molar-refractivity contribution < 1.29 is 19.6 Å².